The van der Waals surface area contributed by atoms with E-state index in [9.17, 15) is 4.57 Å². The van der Waals surface area contributed by atoms with E-state index in [4.69, 9.17) is 9.05 Å². The van der Waals surface area contributed by atoms with Gasteiger partial charge >= 0.3 is 37.2 Å². The summed E-state index contributed by atoms with van der Waals surface area (Å²) in [7, 11) is 0.134. The maximum absolute atomic E-state index is 11.7. The Labute approximate surface area is 116 Å². The largest absolute Gasteiger partial charge is 1.00 e. The van der Waals surface area contributed by atoms with Crippen molar-refractivity contribution < 1.29 is 44.6 Å². The van der Waals surface area contributed by atoms with Crippen LogP contribution in [0.5, 0.6) is 0 Å². The third kappa shape index (κ3) is 5.83. The Hall–Kier alpha value is 1.11. The number of rotatable bonds is 5. The van der Waals surface area contributed by atoms with Crippen molar-refractivity contribution in [3.8, 4) is 0 Å². The van der Waals surface area contributed by atoms with Crippen LogP contribution in [0.25, 0.3) is 0 Å². The topological polar surface area (TPSA) is 47.6 Å². The average molecular weight is 245 g/mol. The second kappa shape index (κ2) is 8.24. The van der Waals surface area contributed by atoms with Crippen LogP contribution in [0.4, 0.5) is 0 Å². The first-order valence-corrected chi connectivity index (χ1v) is 6.84. The van der Waals surface area contributed by atoms with Crippen LogP contribution in [0.2, 0.25) is 0 Å². The fourth-order valence-corrected chi connectivity index (χ4v) is 2.96. The van der Waals surface area contributed by atoms with Gasteiger partial charge in [0.15, 0.2) is 0 Å². The molecule has 0 aromatic carbocycles. The van der Waals surface area contributed by atoms with Gasteiger partial charge in [0.05, 0.1) is 6.16 Å². The molecule has 1 heterocycles. The number of hydrogen-bond acceptors (Lipinski definition) is 4. The molecule has 1 fully saturated rings. The van der Waals surface area contributed by atoms with Crippen molar-refractivity contribution in [1.29, 1.82) is 0 Å². The van der Waals surface area contributed by atoms with Crippen molar-refractivity contribution in [1.82, 2.24) is 5.32 Å². The van der Waals surface area contributed by atoms with E-state index in [1.165, 1.54) is 27.1 Å². The summed E-state index contributed by atoms with van der Waals surface area (Å²) in [4.78, 5) is 0. The van der Waals surface area contributed by atoms with Crippen LogP contribution in [0, 0.1) is 5.92 Å². The van der Waals surface area contributed by atoms with Crippen molar-refractivity contribution in [2.75, 3.05) is 33.5 Å². The molecule has 0 unspecified atom stereocenters. The predicted octanol–water partition coefficient (Wildman–Crippen LogP) is -1.02. The quantitative estimate of drug-likeness (QED) is 0.497. The van der Waals surface area contributed by atoms with Crippen molar-refractivity contribution in [2.45, 2.75) is 19.3 Å². The van der Waals surface area contributed by atoms with Crippen LogP contribution in [0.15, 0.2) is 0 Å². The second-order valence-corrected chi connectivity index (χ2v) is 6.08. The Morgan fingerprint density at radius 1 is 1.33 bits per heavy atom. The molecule has 6 heteroatoms. The van der Waals surface area contributed by atoms with Crippen LogP contribution >= 0.6 is 7.60 Å². The Kier molecular flexibility index (Phi) is 8.85. The molecular weight excluding hydrogens is 224 g/mol. The molecule has 1 rings (SSSR count). The molecule has 1 aliphatic heterocycles. The van der Waals surface area contributed by atoms with Crippen LogP contribution in [0.1, 0.15) is 20.7 Å². The van der Waals surface area contributed by atoms with Crippen LogP contribution in [0.3, 0.4) is 0 Å². The number of piperidine rings is 1. The Balaban J connectivity index is 0. The third-order valence-electron chi connectivity index (χ3n) is 2.83. The zero-order valence-corrected chi connectivity index (χ0v) is 12.9. The van der Waals surface area contributed by atoms with E-state index in [0.717, 1.165) is 19.5 Å². The summed E-state index contributed by atoms with van der Waals surface area (Å²) in [6.45, 7) is 2.16. The number of hydrogen-bond donors (Lipinski definition) is 1. The minimum absolute atomic E-state index is 0. The third-order valence-corrected chi connectivity index (χ3v) is 4.74. The summed E-state index contributed by atoms with van der Waals surface area (Å²) in [5, 5.41) is 3.31. The van der Waals surface area contributed by atoms with Gasteiger partial charge in [-0.05, 0) is 38.3 Å². The Morgan fingerprint density at radius 2 is 1.87 bits per heavy atom. The van der Waals surface area contributed by atoms with Crippen molar-refractivity contribution in [3.63, 3.8) is 0 Å². The minimum Gasteiger partial charge on any atom is -1.00 e. The summed E-state index contributed by atoms with van der Waals surface area (Å²) in [6.07, 6.45) is 3.84. The van der Waals surface area contributed by atoms with Gasteiger partial charge in [0, 0.05) is 14.2 Å². The summed E-state index contributed by atoms with van der Waals surface area (Å²) in [6, 6.07) is 0. The van der Waals surface area contributed by atoms with Gasteiger partial charge in [-0.15, -0.1) is 0 Å². The molecule has 0 bridgehead atoms. The van der Waals surface area contributed by atoms with Crippen LogP contribution in [-0.4, -0.2) is 33.5 Å². The zero-order valence-electron chi connectivity index (χ0n) is 11.0. The molecule has 0 radical (unpaired) electrons. The molecule has 1 aliphatic rings. The van der Waals surface area contributed by atoms with Gasteiger partial charge in [0.2, 0.25) is 0 Å². The molecular formula is C9H21NNaO3P. The molecule has 0 aromatic rings. The molecule has 15 heavy (non-hydrogen) atoms. The zero-order chi connectivity index (χ0) is 10.4. The van der Waals surface area contributed by atoms with Gasteiger partial charge in [0.1, 0.15) is 0 Å². The number of nitrogens with one attached hydrogen (secondary N) is 1. The molecule has 0 aliphatic carbocycles. The second-order valence-electron chi connectivity index (χ2n) is 3.68. The Morgan fingerprint density at radius 3 is 2.33 bits per heavy atom. The molecule has 1 N–H and O–H groups in total. The molecule has 0 spiro atoms. The summed E-state index contributed by atoms with van der Waals surface area (Å²) in [5.41, 5.74) is 0. The van der Waals surface area contributed by atoms with E-state index in [2.05, 4.69) is 5.32 Å². The molecule has 0 saturated carbocycles. The van der Waals surface area contributed by atoms with Gasteiger partial charge < -0.3 is 15.8 Å². The first-order valence-electron chi connectivity index (χ1n) is 5.11. The fourth-order valence-electron chi connectivity index (χ4n) is 1.77. The van der Waals surface area contributed by atoms with Crippen molar-refractivity contribution >= 4 is 7.60 Å². The summed E-state index contributed by atoms with van der Waals surface area (Å²) in [5.74, 6) is 0.676. The molecule has 0 atom stereocenters. The van der Waals surface area contributed by atoms with Gasteiger partial charge in [-0.25, -0.2) is 0 Å². The fraction of sp³-hybridized carbons (Fsp3) is 1.00. The molecule has 1 saturated heterocycles. The smallest absolute Gasteiger partial charge is 1.00 e. The van der Waals surface area contributed by atoms with E-state index in [1.54, 1.807) is 0 Å². The van der Waals surface area contributed by atoms with Crippen LogP contribution in [-0.2, 0) is 13.6 Å². The summed E-state index contributed by atoms with van der Waals surface area (Å²) < 4.78 is 21.5. The van der Waals surface area contributed by atoms with Crippen molar-refractivity contribution in [3.05, 3.63) is 0 Å². The first-order chi connectivity index (χ1) is 6.70. The van der Waals surface area contributed by atoms with Crippen molar-refractivity contribution in [2.24, 2.45) is 5.92 Å². The predicted molar refractivity (Wildman–Crippen MR) is 57.8 cm³/mol. The Bertz CT molecular complexity index is 207. The normalized spacial score (nSPS) is 18.5. The van der Waals surface area contributed by atoms with E-state index in [0.29, 0.717) is 12.1 Å². The SMILES string of the molecule is COP(=O)(CCC1CCNCC1)OC.[H-].[Na+]. The monoisotopic (exact) mass is 245 g/mol. The first kappa shape index (κ1) is 16.1. The van der Waals surface area contributed by atoms with Crippen LogP contribution < -0.4 is 34.9 Å². The van der Waals surface area contributed by atoms with E-state index in [1.807, 2.05) is 0 Å². The molecule has 0 aromatic heterocycles. The molecule has 86 valence electrons. The summed E-state index contributed by atoms with van der Waals surface area (Å²) >= 11 is 0. The van der Waals surface area contributed by atoms with E-state index >= 15 is 0 Å². The molecule has 4 nitrogen and oxygen atoms in total. The van der Waals surface area contributed by atoms with Gasteiger partial charge in [-0.2, -0.15) is 0 Å². The van der Waals surface area contributed by atoms with Gasteiger partial charge in [-0.1, -0.05) is 0 Å². The van der Waals surface area contributed by atoms with Gasteiger partial charge in [-0.3, -0.25) is 4.57 Å². The standard InChI is InChI=1S/C9H20NO3P.Na.H/c1-12-14(11,13-2)8-5-9-3-6-10-7-4-9;;/h9-10H,3-8H2,1-2H3;;/q;+1;-1. The molecule has 0 amide bonds. The average Bonchev–Trinajstić information content (AvgIpc) is 2.27. The van der Waals surface area contributed by atoms with E-state index < -0.39 is 7.60 Å². The minimum atomic E-state index is -2.77. The maximum Gasteiger partial charge on any atom is 1.00 e. The van der Waals surface area contributed by atoms with Gasteiger partial charge in [0.25, 0.3) is 0 Å². The maximum atomic E-state index is 11.7. The van der Waals surface area contributed by atoms with E-state index in [-0.39, 0.29) is 31.0 Å².